The topological polar surface area (TPSA) is 111 Å². The van der Waals surface area contributed by atoms with Crippen molar-refractivity contribution in [3.05, 3.63) is 78.1 Å². The summed E-state index contributed by atoms with van der Waals surface area (Å²) in [6.07, 6.45) is 8.54. The van der Waals surface area contributed by atoms with E-state index in [1.165, 1.54) is 6.42 Å². The van der Waals surface area contributed by atoms with Crippen LogP contribution in [0, 0.1) is 0 Å². The van der Waals surface area contributed by atoms with Crippen LogP contribution in [0.25, 0.3) is 11.0 Å². The Bertz CT molecular complexity index is 1450. The number of fused-ring (bicyclic) bond motifs is 1. The van der Waals surface area contributed by atoms with Gasteiger partial charge >= 0.3 is 0 Å². The number of ether oxygens (including phenoxy) is 2. The molecule has 2 aromatic heterocycles. The first-order valence-corrected chi connectivity index (χ1v) is 13.6. The normalized spacial score (nSPS) is 14.4. The molecule has 0 saturated heterocycles. The van der Waals surface area contributed by atoms with Gasteiger partial charge < -0.3 is 19.7 Å². The van der Waals surface area contributed by atoms with Gasteiger partial charge in [-0.2, -0.15) is 0 Å². The third kappa shape index (κ3) is 6.06. The smallest absolute Gasteiger partial charge is 0.247 e. The van der Waals surface area contributed by atoms with E-state index in [1.807, 2.05) is 36.4 Å². The van der Waals surface area contributed by atoms with Crippen molar-refractivity contribution >= 4 is 22.8 Å². The number of hydrogen-bond donors (Lipinski definition) is 1. The predicted molar refractivity (Wildman–Crippen MR) is 150 cm³/mol. The van der Waals surface area contributed by atoms with Gasteiger partial charge in [0.05, 0.1) is 19.7 Å². The highest BCUT2D eigenvalue weighted by atomic mass is 16.5. The lowest BCUT2D eigenvalue weighted by molar-refractivity contribution is -0.142. The van der Waals surface area contributed by atoms with E-state index in [2.05, 4.69) is 20.6 Å². The molecular formula is C30H34N6O4. The van der Waals surface area contributed by atoms with Gasteiger partial charge in [-0.05, 0) is 54.3 Å². The number of aromatic nitrogens is 4. The van der Waals surface area contributed by atoms with Crippen molar-refractivity contribution in [2.45, 2.75) is 57.3 Å². The largest absolute Gasteiger partial charge is 0.493 e. The zero-order valence-electron chi connectivity index (χ0n) is 22.8. The molecule has 2 aromatic carbocycles. The minimum Gasteiger partial charge on any atom is -0.493 e. The van der Waals surface area contributed by atoms with E-state index in [1.54, 1.807) is 54.4 Å². The molecule has 0 spiro atoms. The molecule has 208 valence electrons. The SMILES string of the molecule is COc1ccc([C@@H](C(=O)NC2CCCCC2)N(Cc2cccnc2)C(=O)Cn2nnc3ccccc32)cc1OC. The molecule has 1 aliphatic carbocycles. The van der Waals surface area contributed by atoms with E-state index in [4.69, 9.17) is 9.47 Å². The second kappa shape index (κ2) is 12.6. The van der Waals surface area contributed by atoms with Crippen LogP contribution in [0.1, 0.15) is 49.3 Å². The van der Waals surface area contributed by atoms with Crippen LogP contribution in [-0.2, 0) is 22.7 Å². The Balaban J connectivity index is 1.55. The second-order valence-electron chi connectivity index (χ2n) is 9.98. The van der Waals surface area contributed by atoms with Crippen molar-refractivity contribution in [1.29, 1.82) is 0 Å². The molecule has 4 aromatic rings. The van der Waals surface area contributed by atoms with Crippen molar-refractivity contribution in [2.75, 3.05) is 14.2 Å². The minimum absolute atomic E-state index is 0.0681. The Kier molecular flexibility index (Phi) is 8.53. The average Bonchev–Trinajstić information content (AvgIpc) is 3.40. The molecule has 5 rings (SSSR count). The van der Waals surface area contributed by atoms with Crippen LogP contribution in [0.2, 0.25) is 0 Å². The molecule has 0 radical (unpaired) electrons. The molecule has 10 heteroatoms. The van der Waals surface area contributed by atoms with Gasteiger partial charge in [0.25, 0.3) is 0 Å². The number of hydrogen-bond acceptors (Lipinski definition) is 7. The molecule has 1 atom stereocenters. The maximum Gasteiger partial charge on any atom is 0.247 e. The predicted octanol–water partition coefficient (Wildman–Crippen LogP) is 4.06. The maximum atomic E-state index is 14.1. The van der Waals surface area contributed by atoms with Crippen LogP contribution in [0.5, 0.6) is 11.5 Å². The summed E-state index contributed by atoms with van der Waals surface area (Å²) >= 11 is 0. The first kappa shape index (κ1) is 27.1. The van der Waals surface area contributed by atoms with Gasteiger partial charge in [0.15, 0.2) is 11.5 Å². The zero-order valence-corrected chi connectivity index (χ0v) is 22.8. The summed E-state index contributed by atoms with van der Waals surface area (Å²) in [6.45, 7) is 0.0949. The van der Waals surface area contributed by atoms with Gasteiger partial charge in [-0.1, -0.05) is 48.7 Å². The summed E-state index contributed by atoms with van der Waals surface area (Å²) in [7, 11) is 3.11. The quantitative estimate of drug-likeness (QED) is 0.322. The van der Waals surface area contributed by atoms with Crippen LogP contribution in [0.4, 0.5) is 0 Å². The number of nitrogens with zero attached hydrogens (tertiary/aromatic N) is 5. The molecule has 0 aliphatic heterocycles. The Hall–Kier alpha value is -4.47. The highest BCUT2D eigenvalue weighted by Gasteiger charge is 2.34. The number of nitrogens with one attached hydrogen (secondary N) is 1. The number of para-hydroxylation sites is 1. The fraction of sp³-hybridized carbons (Fsp3) is 0.367. The molecule has 1 saturated carbocycles. The van der Waals surface area contributed by atoms with Crippen molar-refractivity contribution in [1.82, 2.24) is 30.2 Å². The van der Waals surface area contributed by atoms with Crippen LogP contribution >= 0.6 is 0 Å². The minimum atomic E-state index is -0.927. The number of methoxy groups -OCH3 is 2. The van der Waals surface area contributed by atoms with Gasteiger partial charge in [0.2, 0.25) is 11.8 Å². The number of benzene rings is 2. The summed E-state index contributed by atoms with van der Waals surface area (Å²) in [6, 6.07) is 15.6. The fourth-order valence-corrected chi connectivity index (χ4v) is 5.29. The van der Waals surface area contributed by atoms with E-state index in [0.717, 1.165) is 36.8 Å². The highest BCUT2D eigenvalue weighted by Crippen LogP contribution is 2.33. The number of carbonyl (C=O) groups excluding carboxylic acids is 2. The third-order valence-electron chi connectivity index (χ3n) is 7.34. The molecule has 40 heavy (non-hydrogen) atoms. The van der Waals surface area contributed by atoms with Crippen LogP contribution in [0.3, 0.4) is 0 Å². The molecule has 1 N–H and O–H groups in total. The zero-order chi connectivity index (χ0) is 27.9. The molecular weight excluding hydrogens is 508 g/mol. The second-order valence-corrected chi connectivity index (χ2v) is 9.98. The van der Waals surface area contributed by atoms with E-state index in [-0.39, 0.29) is 30.9 Å². The van der Waals surface area contributed by atoms with Crippen molar-refractivity contribution in [3.8, 4) is 11.5 Å². The molecule has 1 aliphatic rings. The summed E-state index contributed by atoms with van der Waals surface area (Å²) < 4.78 is 12.6. The Labute approximate surface area is 233 Å². The van der Waals surface area contributed by atoms with E-state index >= 15 is 0 Å². The lowest BCUT2D eigenvalue weighted by Crippen LogP contribution is -2.47. The Morgan fingerprint density at radius 1 is 1.02 bits per heavy atom. The third-order valence-corrected chi connectivity index (χ3v) is 7.34. The first-order chi connectivity index (χ1) is 19.6. The maximum absolute atomic E-state index is 14.1. The fourth-order valence-electron chi connectivity index (χ4n) is 5.29. The number of pyridine rings is 1. The van der Waals surface area contributed by atoms with Gasteiger partial charge in [0.1, 0.15) is 18.1 Å². The molecule has 10 nitrogen and oxygen atoms in total. The average molecular weight is 543 g/mol. The van der Waals surface area contributed by atoms with Gasteiger partial charge in [-0.3, -0.25) is 14.6 Å². The summed E-state index contributed by atoms with van der Waals surface area (Å²) in [4.78, 5) is 34.0. The monoisotopic (exact) mass is 542 g/mol. The van der Waals surface area contributed by atoms with Crippen LogP contribution in [-0.4, -0.2) is 57.0 Å². The Morgan fingerprint density at radius 2 is 1.82 bits per heavy atom. The lowest BCUT2D eigenvalue weighted by atomic mass is 9.94. The van der Waals surface area contributed by atoms with Gasteiger partial charge in [-0.25, -0.2) is 4.68 Å². The molecule has 1 fully saturated rings. The molecule has 0 bridgehead atoms. The van der Waals surface area contributed by atoms with E-state index < -0.39 is 6.04 Å². The molecule has 2 amide bonds. The summed E-state index contributed by atoms with van der Waals surface area (Å²) in [5, 5.41) is 11.6. The number of amides is 2. The highest BCUT2D eigenvalue weighted by molar-refractivity contribution is 5.89. The standard InChI is InChI=1S/C30H34N6O4/c1-39-26-15-14-22(17-27(26)40-2)29(30(38)32-23-10-4-3-5-11-23)35(19-21-9-8-16-31-18-21)28(37)20-36-25-13-7-6-12-24(25)33-34-36/h6-9,12-18,23,29H,3-5,10-11,19-20H2,1-2H3,(H,32,38)/t29-/m0/s1. The van der Waals surface area contributed by atoms with Gasteiger partial charge in [0, 0.05) is 25.0 Å². The number of rotatable bonds is 10. The molecule has 0 unspecified atom stereocenters. The number of carbonyl (C=O) groups is 2. The van der Waals surface area contributed by atoms with Crippen molar-refractivity contribution in [3.63, 3.8) is 0 Å². The van der Waals surface area contributed by atoms with Crippen molar-refractivity contribution in [2.24, 2.45) is 0 Å². The van der Waals surface area contributed by atoms with Crippen molar-refractivity contribution < 1.29 is 19.1 Å². The molecule has 2 heterocycles. The first-order valence-electron chi connectivity index (χ1n) is 13.6. The lowest BCUT2D eigenvalue weighted by Gasteiger charge is -2.33. The Morgan fingerprint density at radius 3 is 2.58 bits per heavy atom. The summed E-state index contributed by atoms with van der Waals surface area (Å²) in [5.74, 6) is 0.501. The van der Waals surface area contributed by atoms with Crippen LogP contribution in [0.15, 0.2) is 67.0 Å². The summed E-state index contributed by atoms with van der Waals surface area (Å²) in [5.41, 5.74) is 2.86. The van der Waals surface area contributed by atoms with Gasteiger partial charge in [-0.15, -0.1) is 5.10 Å². The van der Waals surface area contributed by atoms with E-state index in [0.29, 0.717) is 22.6 Å². The van der Waals surface area contributed by atoms with Crippen LogP contribution < -0.4 is 14.8 Å². The van der Waals surface area contributed by atoms with E-state index in [9.17, 15) is 9.59 Å².